The van der Waals surface area contributed by atoms with Gasteiger partial charge in [-0.25, -0.2) is 0 Å². The highest BCUT2D eigenvalue weighted by atomic mass is 15.0. The van der Waals surface area contributed by atoms with Gasteiger partial charge in [0, 0.05) is 16.5 Å². The minimum atomic E-state index is 1.07. The van der Waals surface area contributed by atoms with Crippen molar-refractivity contribution in [1.29, 1.82) is 0 Å². The first kappa shape index (κ1) is 14.0. The van der Waals surface area contributed by atoms with Crippen LogP contribution in [0.5, 0.6) is 0 Å². The molecule has 0 spiro atoms. The van der Waals surface area contributed by atoms with Crippen molar-refractivity contribution < 1.29 is 0 Å². The molecule has 4 aromatic rings. The number of benzene rings is 2. The number of hydrogen-bond donors (Lipinski definition) is 0. The number of aryl methyl sites for hydroxylation is 4. The van der Waals surface area contributed by atoms with E-state index in [0.29, 0.717) is 0 Å². The molecule has 0 amide bonds. The van der Waals surface area contributed by atoms with Crippen LogP contribution in [0.4, 0.5) is 0 Å². The average molecular weight is 300 g/mol. The number of hydrogen-bond acceptors (Lipinski definition) is 1. The van der Waals surface area contributed by atoms with E-state index in [1.165, 1.54) is 38.6 Å². The number of pyridine rings is 1. The second-order valence-corrected chi connectivity index (χ2v) is 6.39. The van der Waals surface area contributed by atoms with Gasteiger partial charge in [0.1, 0.15) is 0 Å². The van der Waals surface area contributed by atoms with Gasteiger partial charge in [0.25, 0.3) is 0 Å². The van der Waals surface area contributed by atoms with E-state index in [1.54, 1.807) is 0 Å². The van der Waals surface area contributed by atoms with E-state index < -0.39 is 0 Å². The molecule has 0 bridgehead atoms. The van der Waals surface area contributed by atoms with Crippen molar-refractivity contribution in [2.24, 2.45) is 0 Å². The van der Waals surface area contributed by atoms with Gasteiger partial charge in [-0.1, -0.05) is 29.8 Å². The molecule has 2 heterocycles. The highest BCUT2D eigenvalue weighted by molar-refractivity contribution is 6.09. The fraction of sp³-hybridized carbons (Fsp3) is 0.190. The van der Waals surface area contributed by atoms with Crippen LogP contribution < -0.4 is 0 Å². The summed E-state index contributed by atoms with van der Waals surface area (Å²) in [6, 6.07) is 17.5. The van der Waals surface area contributed by atoms with Crippen molar-refractivity contribution >= 4 is 21.8 Å². The number of nitrogens with zero attached hydrogens (tertiary/aromatic N) is 2. The van der Waals surface area contributed by atoms with Crippen molar-refractivity contribution in [2.75, 3.05) is 0 Å². The maximum absolute atomic E-state index is 4.70. The second-order valence-electron chi connectivity index (χ2n) is 6.39. The van der Waals surface area contributed by atoms with Gasteiger partial charge in [0.2, 0.25) is 0 Å². The van der Waals surface area contributed by atoms with E-state index >= 15 is 0 Å². The van der Waals surface area contributed by atoms with Crippen LogP contribution in [-0.2, 0) is 0 Å². The summed E-state index contributed by atoms with van der Waals surface area (Å²) in [5, 5.41) is 2.60. The van der Waals surface area contributed by atoms with Crippen LogP contribution in [0.3, 0.4) is 0 Å². The van der Waals surface area contributed by atoms with Crippen LogP contribution in [0.2, 0.25) is 0 Å². The summed E-state index contributed by atoms with van der Waals surface area (Å²) in [4.78, 5) is 4.70. The van der Waals surface area contributed by atoms with Crippen molar-refractivity contribution in [3.8, 4) is 5.69 Å². The summed E-state index contributed by atoms with van der Waals surface area (Å²) in [7, 11) is 0. The molecule has 114 valence electrons. The monoisotopic (exact) mass is 300 g/mol. The highest BCUT2D eigenvalue weighted by Gasteiger charge is 2.15. The molecule has 2 heteroatoms. The number of para-hydroxylation sites is 1. The summed E-state index contributed by atoms with van der Waals surface area (Å²) < 4.78 is 2.36. The Labute approximate surface area is 136 Å². The molecule has 23 heavy (non-hydrogen) atoms. The minimum absolute atomic E-state index is 1.07. The van der Waals surface area contributed by atoms with Crippen LogP contribution in [-0.4, -0.2) is 9.55 Å². The SMILES string of the molecule is Cc1ccc2c(c1)c1ccccc1n2-c1c(C)cc(C)nc1C. The first-order chi connectivity index (χ1) is 11.1. The zero-order chi connectivity index (χ0) is 16.1. The van der Waals surface area contributed by atoms with Gasteiger partial charge in [-0.3, -0.25) is 4.98 Å². The van der Waals surface area contributed by atoms with Crippen LogP contribution in [0.1, 0.15) is 22.5 Å². The topological polar surface area (TPSA) is 17.8 Å². The lowest BCUT2D eigenvalue weighted by molar-refractivity contribution is 1.03. The lowest BCUT2D eigenvalue weighted by atomic mass is 10.1. The molecule has 0 aliphatic rings. The first-order valence-corrected chi connectivity index (χ1v) is 8.01. The van der Waals surface area contributed by atoms with Crippen LogP contribution >= 0.6 is 0 Å². The van der Waals surface area contributed by atoms with Crippen molar-refractivity contribution in [3.05, 3.63) is 71.0 Å². The van der Waals surface area contributed by atoms with Crippen LogP contribution in [0.15, 0.2) is 48.5 Å². The van der Waals surface area contributed by atoms with Gasteiger partial charge < -0.3 is 4.57 Å². The number of aromatic nitrogens is 2. The molecule has 2 aromatic heterocycles. The predicted octanol–water partition coefficient (Wildman–Crippen LogP) is 5.41. The molecule has 0 fully saturated rings. The van der Waals surface area contributed by atoms with Gasteiger partial charge in [0.05, 0.1) is 22.4 Å². The molecule has 2 nitrogen and oxygen atoms in total. The summed E-state index contributed by atoms with van der Waals surface area (Å²) in [5.74, 6) is 0. The molecule has 4 rings (SSSR count). The largest absolute Gasteiger partial charge is 0.307 e. The van der Waals surface area contributed by atoms with Crippen LogP contribution in [0, 0.1) is 27.7 Å². The van der Waals surface area contributed by atoms with E-state index in [1.807, 2.05) is 0 Å². The zero-order valence-electron chi connectivity index (χ0n) is 14.0. The fourth-order valence-electron chi connectivity index (χ4n) is 3.68. The van der Waals surface area contributed by atoms with Crippen molar-refractivity contribution in [1.82, 2.24) is 9.55 Å². The standard InChI is InChI=1S/C21H20N2/c1-13-9-10-20-18(11-13)17-7-5-6-8-19(17)23(20)21-14(2)12-15(3)22-16(21)4/h5-12H,1-4H3. The Morgan fingerprint density at radius 3 is 2.30 bits per heavy atom. The van der Waals surface area contributed by atoms with E-state index in [0.717, 1.165) is 11.4 Å². The highest BCUT2D eigenvalue weighted by Crippen LogP contribution is 2.34. The molecular formula is C21H20N2. The van der Waals surface area contributed by atoms with Gasteiger partial charge >= 0.3 is 0 Å². The maximum Gasteiger partial charge on any atom is 0.0704 e. The summed E-state index contributed by atoms with van der Waals surface area (Å²) in [6.45, 7) is 8.48. The summed E-state index contributed by atoms with van der Waals surface area (Å²) >= 11 is 0. The van der Waals surface area contributed by atoms with E-state index in [4.69, 9.17) is 4.98 Å². The zero-order valence-corrected chi connectivity index (χ0v) is 14.0. The van der Waals surface area contributed by atoms with Gasteiger partial charge in [-0.15, -0.1) is 0 Å². The molecule has 0 radical (unpaired) electrons. The average Bonchev–Trinajstić information content (AvgIpc) is 2.81. The Hall–Kier alpha value is -2.61. The molecular weight excluding hydrogens is 280 g/mol. The Bertz CT molecular complexity index is 1030. The quantitative estimate of drug-likeness (QED) is 0.459. The maximum atomic E-state index is 4.70. The number of fused-ring (bicyclic) bond motifs is 3. The van der Waals surface area contributed by atoms with Gasteiger partial charge in [-0.2, -0.15) is 0 Å². The fourth-order valence-corrected chi connectivity index (χ4v) is 3.68. The molecule has 0 unspecified atom stereocenters. The first-order valence-electron chi connectivity index (χ1n) is 8.01. The van der Waals surface area contributed by atoms with Crippen molar-refractivity contribution in [3.63, 3.8) is 0 Å². The third-order valence-electron chi connectivity index (χ3n) is 4.54. The molecule has 2 aromatic carbocycles. The smallest absolute Gasteiger partial charge is 0.0704 e. The predicted molar refractivity (Wildman–Crippen MR) is 97.5 cm³/mol. The summed E-state index contributed by atoms with van der Waals surface area (Å²) in [6.07, 6.45) is 0. The van der Waals surface area contributed by atoms with Gasteiger partial charge in [0.15, 0.2) is 0 Å². The Kier molecular flexibility index (Phi) is 3.02. The Morgan fingerprint density at radius 2 is 1.52 bits per heavy atom. The Balaban J connectivity index is 2.23. The third-order valence-corrected chi connectivity index (χ3v) is 4.54. The molecule has 0 aliphatic heterocycles. The van der Waals surface area contributed by atoms with E-state index in [2.05, 4.69) is 80.8 Å². The molecule has 0 saturated heterocycles. The number of rotatable bonds is 1. The lowest BCUT2D eigenvalue weighted by Gasteiger charge is -2.14. The lowest BCUT2D eigenvalue weighted by Crippen LogP contribution is -2.03. The molecule has 0 aliphatic carbocycles. The minimum Gasteiger partial charge on any atom is -0.307 e. The van der Waals surface area contributed by atoms with E-state index in [9.17, 15) is 0 Å². The van der Waals surface area contributed by atoms with Crippen LogP contribution in [0.25, 0.3) is 27.5 Å². The second kappa shape index (κ2) is 4.95. The molecule has 0 N–H and O–H groups in total. The normalized spacial score (nSPS) is 11.5. The van der Waals surface area contributed by atoms with Gasteiger partial charge in [-0.05, 0) is 57.5 Å². The molecule has 0 saturated carbocycles. The van der Waals surface area contributed by atoms with E-state index in [-0.39, 0.29) is 0 Å². The Morgan fingerprint density at radius 1 is 0.783 bits per heavy atom. The molecule has 0 atom stereocenters. The van der Waals surface area contributed by atoms with Crippen molar-refractivity contribution in [2.45, 2.75) is 27.7 Å². The third kappa shape index (κ3) is 2.06. The summed E-state index contributed by atoms with van der Waals surface area (Å²) in [5.41, 5.74) is 8.38.